The minimum Gasteiger partial charge on any atom is -0.461 e. The van der Waals surface area contributed by atoms with Crippen molar-refractivity contribution in [1.29, 1.82) is 0 Å². The Hall–Kier alpha value is -2.36. The average Bonchev–Trinajstić information content (AvgIpc) is 2.85. The number of aromatic nitrogens is 1. The van der Waals surface area contributed by atoms with Crippen LogP contribution in [-0.4, -0.2) is 23.1 Å². The quantitative estimate of drug-likeness (QED) is 0.663. The maximum atomic E-state index is 11.2. The predicted molar refractivity (Wildman–Crippen MR) is 72.1 cm³/mol. The fourth-order valence-corrected chi connectivity index (χ4v) is 1.70. The van der Waals surface area contributed by atoms with Crippen molar-refractivity contribution >= 4 is 11.9 Å². The Balaban J connectivity index is 0.000000180. The Morgan fingerprint density at radius 1 is 1.16 bits per heavy atom. The number of fused-ring (bicyclic) bond motifs is 1. The summed E-state index contributed by atoms with van der Waals surface area (Å²) >= 11 is 0. The molecule has 19 heavy (non-hydrogen) atoms. The zero-order chi connectivity index (χ0) is 13.8. The molecule has 1 heterocycles. The van der Waals surface area contributed by atoms with E-state index in [1.54, 1.807) is 19.1 Å². The number of carbonyl (C=O) groups excluding carboxylic acids is 2. The van der Waals surface area contributed by atoms with Crippen molar-refractivity contribution in [3.8, 4) is 11.1 Å². The number of benzene rings is 1. The molecule has 1 aromatic heterocycles. The van der Waals surface area contributed by atoms with Crippen LogP contribution >= 0.6 is 0 Å². The lowest BCUT2D eigenvalue weighted by atomic mass is 10.4. The number of carbonyl (C=O) groups is 2. The van der Waals surface area contributed by atoms with Gasteiger partial charge in [-0.15, -0.1) is 0 Å². The smallest absolute Gasteiger partial charge is 0.355 e. The molecule has 0 amide bonds. The van der Waals surface area contributed by atoms with Crippen LogP contribution in [0.4, 0.5) is 0 Å². The largest absolute Gasteiger partial charge is 0.461 e. The summed E-state index contributed by atoms with van der Waals surface area (Å²) in [6.45, 7) is 3.42. The molecule has 4 nitrogen and oxygen atoms in total. The van der Waals surface area contributed by atoms with Gasteiger partial charge in [0.15, 0.2) is 0 Å². The third kappa shape index (κ3) is 3.10. The first-order valence-electron chi connectivity index (χ1n) is 6.09. The van der Waals surface area contributed by atoms with Gasteiger partial charge >= 0.3 is 5.97 Å². The van der Waals surface area contributed by atoms with E-state index in [0.29, 0.717) is 6.61 Å². The SMILES string of the molecule is CCOC(=O)c1cccn1C(C)=O.c1cc2cc-2c1. The van der Waals surface area contributed by atoms with Gasteiger partial charge in [-0.05, 0) is 36.2 Å². The summed E-state index contributed by atoms with van der Waals surface area (Å²) in [5.74, 6) is -0.671. The van der Waals surface area contributed by atoms with E-state index in [0.717, 1.165) is 0 Å². The zero-order valence-corrected chi connectivity index (χ0v) is 10.9. The van der Waals surface area contributed by atoms with Crippen LogP contribution in [0.25, 0.3) is 11.1 Å². The molecule has 0 saturated heterocycles. The van der Waals surface area contributed by atoms with Crippen LogP contribution in [0, 0.1) is 0 Å². The van der Waals surface area contributed by atoms with Gasteiger partial charge in [-0.2, -0.15) is 0 Å². The van der Waals surface area contributed by atoms with E-state index in [4.69, 9.17) is 4.74 Å². The third-order valence-corrected chi connectivity index (χ3v) is 2.69. The second-order valence-electron chi connectivity index (χ2n) is 4.08. The van der Waals surface area contributed by atoms with Crippen molar-refractivity contribution in [2.45, 2.75) is 13.8 Å². The number of nitrogens with zero attached hydrogens (tertiary/aromatic N) is 1. The Morgan fingerprint density at radius 2 is 1.84 bits per heavy atom. The normalized spacial score (nSPS) is 10.2. The summed E-state index contributed by atoms with van der Waals surface area (Å²) in [6, 6.07) is 11.7. The summed E-state index contributed by atoms with van der Waals surface area (Å²) in [5.41, 5.74) is 3.12. The van der Waals surface area contributed by atoms with Gasteiger partial charge in [-0.3, -0.25) is 9.36 Å². The van der Waals surface area contributed by atoms with Gasteiger partial charge in [-0.25, -0.2) is 4.79 Å². The Kier molecular flexibility index (Phi) is 3.80. The highest BCUT2D eigenvalue weighted by molar-refractivity contribution is 5.93. The maximum absolute atomic E-state index is 11.2. The van der Waals surface area contributed by atoms with E-state index in [2.05, 4.69) is 24.3 Å². The van der Waals surface area contributed by atoms with Crippen molar-refractivity contribution in [2.75, 3.05) is 6.61 Å². The van der Waals surface area contributed by atoms with Crippen LogP contribution in [-0.2, 0) is 4.74 Å². The van der Waals surface area contributed by atoms with Gasteiger partial charge in [0, 0.05) is 13.1 Å². The van der Waals surface area contributed by atoms with Crippen molar-refractivity contribution in [2.24, 2.45) is 0 Å². The van der Waals surface area contributed by atoms with E-state index in [1.165, 1.54) is 28.8 Å². The van der Waals surface area contributed by atoms with Gasteiger partial charge in [0.1, 0.15) is 5.69 Å². The van der Waals surface area contributed by atoms with E-state index >= 15 is 0 Å². The summed E-state index contributed by atoms with van der Waals surface area (Å²) in [5, 5.41) is 0. The molecular weight excluding hydrogens is 242 g/mol. The molecule has 0 N–H and O–H groups in total. The Morgan fingerprint density at radius 3 is 2.26 bits per heavy atom. The number of hydrogen-bond acceptors (Lipinski definition) is 3. The highest BCUT2D eigenvalue weighted by Crippen LogP contribution is 2.32. The van der Waals surface area contributed by atoms with Gasteiger partial charge in [-0.1, -0.05) is 18.2 Å². The van der Waals surface area contributed by atoms with Gasteiger partial charge < -0.3 is 4.74 Å². The molecule has 0 bridgehead atoms. The van der Waals surface area contributed by atoms with E-state index in [-0.39, 0.29) is 11.6 Å². The second-order valence-corrected chi connectivity index (χ2v) is 4.08. The first-order chi connectivity index (χ1) is 9.13. The first kappa shape index (κ1) is 13.1. The second kappa shape index (κ2) is 5.52. The Bertz CT molecular complexity index is 596. The van der Waals surface area contributed by atoms with Gasteiger partial charge in [0.05, 0.1) is 6.61 Å². The fourth-order valence-electron chi connectivity index (χ4n) is 1.70. The predicted octanol–water partition coefficient (Wildman–Crippen LogP) is 2.99. The lowest BCUT2D eigenvalue weighted by molar-refractivity contribution is 0.0509. The fraction of sp³-hybridized carbons (Fsp3) is 0.200. The van der Waals surface area contributed by atoms with Crippen LogP contribution in [0.1, 0.15) is 29.1 Å². The van der Waals surface area contributed by atoms with Crippen molar-refractivity contribution < 1.29 is 14.3 Å². The summed E-state index contributed by atoms with van der Waals surface area (Å²) in [4.78, 5) is 22.2. The zero-order valence-electron chi connectivity index (χ0n) is 10.9. The summed E-state index contributed by atoms with van der Waals surface area (Å²) in [6.07, 6.45) is 1.54. The molecular formula is C15H15NO3. The summed E-state index contributed by atoms with van der Waals surface area (Å²) in [7, 11) is 0. The Labute approximate surface area is 111 Å². The number of esters is 1. The third-order valence-electron chi connectivity index (χ3n) is 2.69. The highest BCUT2D eigenvalue weighted by atomic mass is 16.5. The van der Waals surface area contributed by atoms with Crippen LogP contribution in [0.3, 0.4) is 0 Å². The molecule has 0 saturated carbocycles. The van der Waals surface area contributed by atoms with Gasteiger partial charge in [0.2, 0.25) is 5.91 Å². The van der Waals surface area contributed by atoms with E-state index in [1.807, 2.05) is 0 Å². The van der Waals surface area contributed by atoms with Crippen LogP contribution in [0.5, 0.6) is 0 Å². The molecule has 98 valence electrons. The average molecular weight is 257 g/mol. The van der Waals surface area contributed by atoms with E-state index in [9.17, 15) is 9.59 Å². The molecule has 4 heteroatoms. The van der Waals surface area contributed by atoms with Crippen LogP contribution in [0.15, 0.2) is 42.6 Å². The highest BCUT2D eigenvalue weighted by Gasteiger charge is 2.13. The van der Waals surface area contributed by atoms with Crippen LogP contribution < -0.4 is 0 Å². The van der Waals surface area contributed by atoms with Crippen molar-refractivity contribution in [3.63, 3.8) is 0 Å². The maximum Gasteiger partial charge on any atom is 0.355 e. The number of rotatable bonds is 2. The molecule has 0 atom stereocenters. The molecule has 1 aromatic rings. The molecule has 0 radical (unpaired) electrons. The topological polar surface area (TPSA) is 48.3 Å². The molecule has 0 aliphatic heterocycles. The van der Waals surface area contributed by atoms with Crippen molar-refractivity contribution in [3.05, 3.63) is 48.3 Å². The van der Waals surface area contributed by atoms with Crippen molar-refractivity contribution in [1.82, 2.24) is 4.57 Å². The van der Waals surface area contributed by atoms with E-state index < -0.39 is 5.97 Å². The molecule has 3 rings (SSSR count). The molecule has 0 unspecified atom stereocenters. The summed E-state index contributed by atoms with van der Waals surface area (Å²) < 4.78 is 6.03. The minimum absolute atomic E-state index is 0.201. The molecule has 0 fully saturated rings. The lowest BCUT2D eigenvalue weighted by Gasteiger charge is -2.03. The lowest BCUT2D eigenvalue weighted by Crippen LogP contribution is -2.15. The number of ether oxygens (including phenoxy) is 1. The van der Waals surface area contributed by atoms with Crippen LogP contribution in [0.2, 0.25) is 0 Å². The minimum atomic E-state index is -0.470. The monoisotopic (exact) mass is 257 g/mol. The first-order valence-corrected chi connectivity index (χ1v) is 6.09. The molecule has 2 aliphatic carbocycles. The molecule has 2 aliphatic rings. The number of hydrogen-bond donors (Lipinski definition) is 0. The standard InChI is InChI=1S/C9H11NO3.C6H4/c1-3-13-9(12)8-5-4-6-10(8)7(2)11;1-2-5-4-6(5)3-1/h4-6H,3H2,1-2H3;1-4H. The van der Waals surface area contributed by atoms with Gasteiger partial charge in [0.25, 0.3) is 0 Å². The molecule has 0 aromatic carbocycles. The molecule has 0 spiro atoms.